The van der Waals surface area contributed by atoms with E-state index in [1.54, 1.807) is 11.8 Å². The van der Waals surface area contributed by atoms with Crippen molar-refractivity contribution in [2.45, 2.75) is 6.42 Å². The summed E-state index contributed by atoms with van der Waals surface area (Å²) in [6, 6.07) is 0. The predicted molar refractivity (Wildman–Crippen MR) is 55.4 cm³/mol. The van der Waals surface area contributed by atoms with E-state index in [0.29, 0.717) is 11.5 Å². The Labute approximate surface area is 82.7 Å². The number of nitrogens with zero attached hydrogens (tertiary/aromatic N) is 1. The van der Waals surface area contributed by atoms with Gasteiger partial charge in [0.2, 0.25) is 0 Å². The second kappa shape index (κ2) is 3.22. The third-order valence-corrected chi connectivity index (χ3v) is 3.65. The van der Waals surface area contributed by atoms with Gasteiger partial charge in [0.15, 0.2) is 5.78 Å². The Balaban J connectivity index is 2.22. The first-order valence-electron chi connectivity index (χ1n) is 4.43. The molecule has 2 rings (SSSR count). The molecule has 0 aromatic carbocycles. The normalized spacial score (nSPS) is 26.6. The molecule has 0 aromatic rings. The largest absolute Gasteiger partial charge is 0.378 e. The monoisotopic (exact) mass is 195 g/mol. The number of Topliss-reactive ketones (excluding diaryl/α,β-unsaturated/α-hetero) is 1. The van der Waals surface area contributed by atoms with Crippen molar-refractivity contribution in [3.05, 3.63) is 22.8 Å². The van der Waals surface area contributed by atoms with Gasteiger partial charge in [-0.25, -0.2) is 0 Å². The van der Waals surface area contributed by atoms with Crippen LogP contribution in [0, 0.1) is 5.92 Å². The standard InChI is InChI=1S/C10H13NOS/c1-11(2)7-3-4-8-9(12)6-13-10(8)5-7/h3,5,8H,4,6H2,1-2H3. The van der Waals surface area contributed by atoms with Crippen LogP contribution < -0.4 is 0 Å². The van der Waals surface area contributed by atoms with Crippen molar-refractivity contribution < 1.29 is 4.79 Å². The molecule has 1 aliphatic heterocycles. The molecule has 1 saturated heterocycles. The van der Waals surface area contributed by atoms with Crippen LogP contribution in [0.2, 0.25) is 0 Å². The van der Waals surface area contributed by atoms with Crippen LogP contribution in [-0.4, -0.2) is 30.5 Å². The summed E-state index contributed by atoms with van der Waals surface area (Å²) < 4.78 is 0. The lowest BCUT2D eigenvalue weighted by molar-refractivity contribution is -0.118. The number of allylic oxidation sites excluding steroid dienone is 3. The molecule has 1 aliphatic carbocycles. The van der Waals surface area contributed by atoms with Gasteiger partial charge in [0, 0.05) is 19.8 Å². The smallest absolute Gasteiger partial charge is 0.151 e. The Morgan fingerprint density at radius 3 is 3.00 bits per heavy atom. The van der Waals surface area contributed by atoms with Gasteiger partial charge in [-0.05, 0) is 17.4 Å². The first kappa shape index (κ1) is 8.88. The van der Waals surface area contributed by atoms with Gasteiger partial charge >= 0.3 is 0 Å². The maximum Gasteiger partial charge on any atom is 0.151 e. The maximum atomic E-state index is 11.4. The first-order valence-corrected chi connectivity index (χ1v) is 5.41. The van der Waals surface area contributed by atoms with Crippen molar-refractivity contribution in [3.63, 3.8) is 0 Å². The van der Waals surface area contributed by atoms with Crippen LogP contribution in [0.3, 0.4) is 0 Å². The average molecular weight is 195 g/mol. The number of hydrogen-bond acceptors (Lipinski definition) is 3. The van der Waals surface area contributed by atoms with Crippen molar-refractivity contribution in [2.24, 2.45) is 5.92 Å². The van der Waals surface area contributed by atoms with E-state index in [-0.39, 0.29) is 5.92 Å². The van der Waals surface area contributed by atoms with Crippen molar-refractivity contribution in [1.82, 2.24) is 4.90 Å². The van der Waals surface area contributed by atoms with Crippen LogP contribution in [0.15, 0.2) is 22.8 Å². The third-order valence-electron chi connectivity index (χ3n) is 2.48. The Morgan fingerprint density at radius 1 is 1.54 bits per heavy atom. The van der Waals surface area contributed by atoms with E-state index in [1.807, 2.05) is 14.1 Å². The average Bonchev–Trinajstić information content (AvgIpc) is 2.47. The molecule has 0 N–H and O–H groups in total. The molecule has 0 radical (unpaired) electrons. The number of carbonyl (C=O) groups is 1. The van der Waals surface area contributed by atoms with Gasteiger partial charge in [-0.3, -0.25) is 4.79 Å². The highest BCUT2D eigenvalue weighted by Gasteiger charge is 2.31. The molecular formula is C10H13NOS. The number of ketones is 1. The molecule has 3 heteroatoms. The van der Waals surface area contributed by atoms with Crippen LogP contribution in [0.5, 0.6) is 0 Å². The predicted octanol–water partition coefficient (Wildman–Crippen LogP) is 1.65. The fraction of sp³-hybridized carbons (Fsp3) is 0.500. The van der Waals surface area contributed by atoms with Crippen LogP contribution in [0.1, 0.15) is 6.42 Å². The molecule has 1 unspecified atom stereocenters. The van der Waals surface area contributed by atoms with E-state index in [2.05, 4.69) is 17.1 Å². The molecule has 0 amide bonds. The van der Waals surface area contributed by atoms with Crippen LogP contribution in [-0.2, 0) is 4.79 Å². The zero-order valence-corrected chi connectivity index (χ0v) is 8.73. The SMILES string of the molecule is CN(C)C1=CCC2C(=O)CSC2=C1. The molecule has 2 nitrogen and oxygen atoms in total. The molecule has 2 aliphatic rings. The Bertz CT molecular complexity index is 304. The van der Waals surface area contributed by atoms with Gasteiger partial charge in [0.1, 0.15) is 0 Å². The van der Waals surface area contributed by atoms with Crippen molar-refractivity contribution in [2.75, 3.05) is 19.8 Å². The van der Waals surface area contributed by atoms with Crippen molar-refractivity contribution in [1.29, 1.82) is 0 Å². The highest BCUT2D eigenvalue weighted by molar-refractivity contribution is 8.04. The summed E-state index contributed by atoms with van der Waals surface area (Å²) in [5.74, 6) is 1.25. The molecule has 1 atom stereocenters. The zero-order chi connectivity index (χ0) is 9.42. The van der Waals surface area contributed by atoms with Gasteiger partial charge in [0.05, 0.1) is 11.7 Å². The van der Waals surface area contributed by atoms with E-state index in [9.17, 15) is 4.79 Å². The fourth-order valence-corrected chi connectivity index (χ4v) is 2.80. The summed E-state index contributed by atoms with van der Waals surface area (Å²) in [7, 11) is 4.06. The number of rotatable bonds is 1. The highest BCUT2D eigenvalue weighted by atomic mass is 32.2. The number of likely N-dealkylation sites (N-methyl/N-ethyl adjacent to an activating group) is 1. The van der Waals surface area contributed by atoms with Gasteiger partial charge in [-0.15, -0.1) is 11.8 Å². The van der Waals surface area contributed by atoms with Crippen LogP contribution >= 0.6 is 11.8 Å². The molecule has 13 heavy (non-hydrogen) atoms. The van der Waals surface area contributed by atoms with Crippen molar-refractivity contribution >= 4 is 17.5 Å². The lowest BCUT2D eigenvalue weighted by Crippen LogP contribution is -2.16. The minimum Gasteiger partial charge on any atom is -0.378 e. The van der Waals surface area contributed by atoms with E-state index in [0.717, 1.165) is 6.42 Å². The molecule has 0 bridgehead atoms. The molecule has 1 fully saturated rings. The van der Waals surface area contributed by atoms with E-state index in [1.165, 1.54) is 10.6 Å². The lowest BCUT2D eigenvalue weighted by Gasteiger charge is -2.20. The Morgan fingerprint density at radius 2 is 2.31 bits per heavy atom. The van der Waals surface area contributed by atoms with Gasteiger partial charge < -0.3 is 4.90 Å². The highest BCUT2D eigenvalue weighted by Crippen LogP contribution is 2.39. The van der Waals surface area contributed by atoms with Gasteiger partial charge in [-0.1, -0.05) is 6.08 Å². The van der Waals surface area contributed by atoms with Gasteiger partial charge in [-0.2, -0.15) is 0 Å². The number of fused-ring (bicyclic) bond motifs is 1. The minimum atomic E-state index is 0.189. The molecule has 70 valence electrons. The summed E-state index contributed by atoms with van der Waals surface area (Å²) in [6.07, 6.45) is 5.19. The first-order chi connectivity index (χ1) is 6.18. The summed E-state index contributed by atoms with van der Waals surface area (Å²) in [6.45, 7) is 0. The minimum absolute atomic E-state index is 0.189. The second-order valence-electron chi connectivity index (χ2n) is 3.61. The van der Waals surface area contributed by atoms with Crippen LogP contribution in [0.4, 0.5) is 0 Å². The Hall–Kier alpha value is -0.700. The molecular weight excluding hydrogens is 182 g/mol. The molecule has 1 heterocycles. The molecule has 0 aromatic heterocycles. The van der Waals surface area contributed by atoms with Crippen LogP contribution in [0.25, 0.3) is 0 Å². The topological polar surface area (TPSA) is 20.3 Å². The quantitative estimate of drug-likeness (QED) is 0.634. The molecule has 0 spiro atoms. The van der Waals surface area contributed by atoms with Crippen molar-refractivity contribution in [3.8, 4) is 0 Å². The maximum absolute atomic E-state index is 11.4. The summed E-state index contributed by atoms with van der Waals surface area (Å²) in [5.41, 5.74) is 1.23. The number of thioether (sulfide) groups is 1. The van der Waals surface area contributed by atoms with E-state index in [4.69, 9.17) is 0 Å². The number of carbonyl (C=O) groups excluding carboxylic acids is 1. The molecule has 0 saturated carbocycles. The lowest BCUT2D eigenvalue weighted by atomic mass is 9.95. The van der Waals surface area contributed by atoms with E-state index >= 15 is 0 Å². The third kappa shape index (κ3) is 1.53. The zero-order valence-electron chi connectivity index (χ0n) is 7.91. The summed E-state index contributed by atoms with van der Waals surface area (Å²) in [5, 5.41) is 0. The fourth-order valence-electron chi connectivity index (χ4n) is 1.66. The van der Waals surface area contributed by atoms with Gasteiger partial charge in [0.25, 0.3) is 0 Å². The Kier molecular flexibility index (Phi) is 2.20. The second-order valence-corrected chi connectivity index (χ2v) is 4.66. The number of hydrogen-bond donors (Lipinski definition) is 0. The van der Waals surface area contributed by atoms with E-state index < -0.39 is 0 Å². The summed E-state index contributed by atoms with van der Waals surface area (Å²) in [4.78, 5) is 14.7. The summed E-state index contributed by atoms with van der Waals surface area (Å²) >= 11 is 1.70.